The van der Waals surface area contributed by atoms with Crippen molar-refractivity contribution in [3.8, 4) is 0 Å². The molecular formula is C18H25N3. The lowest BCUT2D eigenvalue weighted by Crippen LogP contribution is -2.32. The molecule has 2 rings (SSSR count). The fourth-order valence-corrected chi connectivity index (χ4v) is 2.48. The molecule has 0 radical (unpaired) electrons. The van der Waals surface area contributed by atoms with Gasteiger partial charge in [-0.15, -0.1) is 0 Å². The van der Waals surface area contributed by atoms with E-state index in [0.717, 1.165) is 18.8 Å². The third kappa shape index (κ3) is 4.30. The molecule has 0 aliphatic rings. The summed E-state index contributed by atoms with van der Waals surface area (Å²) >= 11 is 0. The number of nitrogens with two attached hydrogens (primary N) is 1. The molecule has 0 amide bonds. The average Bonchev–Trinajstić information content (AvgIpc) is 2.46. The molecule has 0 aliphatic heterocycles. The van der Waals surface area contributed by atoms with E-state index in [1.807, 2.05) is 25.3 Å². The highest BCUT2D eigenvalue weighted by Gasteiger charge is 2.16. The minimum absolute atomic E-state index is 0.138. The second-order valence-corrected chi connectivity index (χ2v) is 5.87. The van der Waals surface area contributed by atoms with Gasteiger partial charge in [0.2, 0.25) is 0 Å². The third-order valence-electron chi connectivity index (χ3n) is 3.50. The molecule has 0 saturated carbocycles. The van der Waals surface area contributed by atoms with Crippen LogP contribution < -0.4 is 10.6 Å². The molecule has 2 aromatic rings. The number of nitrogens with zero attached hydrogens (tertiary/aromatic N) is 2. The topological polar surface area (TPSA) is 42.1 Å². The Morgan fingerprint density at radius 1 is 1.05 bits per heavy atom. The summed E-state index contributed by atoms with van der Waals surface area (Å²) in [7, 11) is 0. The van der Waals surface area contributed by atoms with Crippen LogP contribution in [0.1, 0.15) is 31.9 Å². The lowest BCUT2D eigenvalue weighted by molar-refractivity contribution is 0.659. The van der Waals surface area contributed by atoms with E-state index in [2.05, 4.69) is 54.1 Å². The first-order valence-corrected chi connectivity index (χ1v) is 7.58. The van der Waals surface area contributed by atoms with Gasteiger partial charge >= 0.3 is 0 Å². The first kappa shape index (κ1) is 15.5. The van der Waals surface area contributed by atoms with Crippen LogP contribution in [0, 0.1) is 0 Å². The molecule has 3 nitrogen and oxygen atoms in total. The number of anilines is 1. The predicted molar refractivity (Wildman–Crippen MR) is 89.4 cm³/mol. The zero-order valence-corrected chi connectivity index (χ0v) is 13.2. The fraction of sp³-hybridized carbons (Fsp3) is 0.389. The monoisotopic (exact) mass is 283 g/mol. The number of pyridine rings is 1. The Morgan fingerprint density at radius 2 is 1.76 bits per heavy atom. The van der Waals surface area contributed by atoms with E-state index in [0.29, 0.717) is 6.04 Å². The molecule has 1 aromatic heterocycles. The van der Waals surface area contributed by atoms with Crippen molar-refractivity contribution < 1.29 is 0 Å². The van der Waals surface area contributed by atoms with Gasteiger partial charge in [-0.2, -0.15) is 0 Å². The van der Waals surface area contributed by atoms with Gasteiger partial charge in [-0.1, -0.05) is 36.4 Å². The van der Waals surface area contributed by atoms with E-state index in [1.54, 1.807) is 0 Å². The van der Waals surface area contributed by atoms with Crippen LogP contribution in [0.4, 0.5) is 5.82 Å². The van der Waals surface area contributed by atoms with Crippen molar-refractivity contribution >= 4 is 5.82 Å². The highest BCUT2D eigenvalue weighted by atomic mass is 15.2. The number of hydrogen-bond acceptors (Lipinski definition) is 3. The molecule has 0 saturated heterocycles. The third-order valence-corrected chi connectivity index (χ3v) is 3.50. The normalized spacial score (nSPS) is 12.4. The minimum Gasteiger partial charge on any atom is -0.350 e. The molecule has 1 aromatic carbocycles. The summed E-state index contributed by atoms with van der Waals surface area (Å²) in [6.07, 6.45) is 2.71. The van der Waals surface area contributed by atoms with Gasteiger partial charge < -0.3 is 10.6 Å². The summed E-state index contributed by atoms with van der Waals surface area (Å²) < 4.78 is 0. The maximum Gasteiger partial charge on any atom is 0.132 e. The second kappa shape index (κ2) is 7.23. The molecule has 3 heteroatoms. The Morgan fingerprint density at radius 3 is 2.38 bits per heavy atom. The summed E-state index contributed by atoms with van der Waals surface area (Å²) in [6.45, 7) is 7.30. The maximum atomic E-state index is 5.98. The lowest BCUT2D eigenvalue weighted by Gasteiger charge is -2.30. The highest BCUT2D eigenvalue weighted by molar-refractivity contribution is 5.48. The summed E-state index contributed by atoms with van der Waals surface area (Å²) in [5, 5.41) is 0. The Hall–Kier alpha value is -1.87. The number of hydrogen-bond donors (Lipinski definition) is 1. The predicted octanol–water partition coefficient (Wildman–Crippen LogP) is 3.39. The Balaban J connectivity index is 2.30. The quantitative estimate of drug-likeness (QED) is 0.883. The zero-order valence-electron chi connectivity index (χ0n) is 13.2. The summed E-state index contributed by atoms with van der Waals surface area (Å²) in [4.78, 5) is 6.96. The van der Waals surface area contributed by atoms with Gasteiger partial charge in [0.05, 0.1) is 0 Å². The molecule has 112 valence electrons. The minimum atomic E-state index is 0.138. The molecule has 0 bridgehead atoms. The Labute approximate surface area is 127 Å². The molecule has 1 heterocycles. The van der Waals surface area contributed by atoms with Gasteiger partial charge in [-0.25, -0.2) is 4.98 Å². The second-order valence-electron chi connectivity index (χ2n) is 5.87. The van der Waals surface area contributed by atoms with E-state index in [4.69, 9.17) is 5.73 Å². The molecule has 21 heavy (non-hydrogen) atoms. The largest absolute Gasteiger partial charge is 0.350 e. The number of rotatable bonds is 6. The molecule has 1 atom stereocenters. The van der Waals surface area contributed by atoms with Crippen LogP contribution >= 0.6 is 0 Å². The van der Waals surface area contributed by atoms with Crippen molar-refractivity contribution in [1.82, 2.24) is 4.98 Å². The van der Waals surface area contributed by atoms with Crippen molar-refractivity contribution in [3.63, 3.8) is 0 Å². The first-order valence-electron chi connectivity index (χ1n) is 7.58. The lowest BCUT2D eigenvalue weighted by atomic mass is 10.1. The van der Waals surface area contributed by atoms with Crippen LogP contribution in [0.25, 0.3) is 0 Å². The summed E-state index contributed by atoms with van der Waals surface area (Å²) in [5.74, 6) is 1.05. The van der Waals surface area contributed by atoms with E-state index in [9.17, 15) is 0 Å². The number of benzene rings is 1. The van der Waals surface area contributed by atoms with Crippen LogP contribution in [-0.4, -0.2) is 17.1 Å². The van der Waals surface area contributed by atoms with Gasteiger partial charge in [0.25, 0.3) is 0 Å². The van der Waals surface area contributed by atoms with Gasteiger partial charge in [-0.3, -0.25) is 0 Å². The molecular weight excluding hydrogens is 258 g/mol. The average molecular weight is 283 g/mol. The zero-order chi connectivity index (χ0) is 15.2. The van der Waals surface area contributed by atoms with Crippen molar-refractivity contribution in [1.29, 1.82) is 0 Å². The van der Waals surface area contributed by atoms with Crippen molar-refractivity contribution in [2.75, 3.05) is 4.90 Å². The van der Waals surface area contributed by atoms with Crippen LogP contribution in [0.3, 0.4) is 0 Å². The van der Waals surface area contributed by atoms with E-state index >= 15 is 0 Å². The SMILES string of the molecule is CC(N)Cc1cccnc1N(Cc1ccccc1)C(C)C. The smallest absolute Gasteiger partial charge is 0.132 e. The van der Waals surface area contributed by atoms with Crippen molar-refractivity contribution in [2.24, 2.45) is 5.73 Å². The Kier molecular flexibility index (Phi) is 5.34. The van der Waals surface area contributed by atoms with Gasteiger partial charge in [0.1, 0.15) is 5.82 Å². The first-order chi connectivity index (χ1) is 10.1. The van der Waals surface area contributed by atoms with E-state index in [1.165, 1.54) is 11.1 Å². The van der Waals surface area contributed by atoms with E-state index < -0.39 is 0 Å². The Bertz CT molecular complexity index is 549. The van der Waals surface area contributed by atoms with E-state index in [-0.39, 0.29) is 6.04 Å². The van der Waals surface area contributed by atoms with Gasteiger partial charge in [-0.05, 0) is 44.4 Å². The maximum absolute atomic E-state index is 5.98. The van der Waals surface area contributed by atoms with Gasteiger partial charge in [0, 0.05) is 24.8 Å². The van der Waals surface area contributed by atoms with Crippen molar-refractivity contribution in [2.45, 2.75) is 45.8 Å². The summed E-state index contributed by atoms with van der Waals surface area (Å²) in [5.41, 5.74) is 8.49. The summed E-state index contributed by atoms with van der Waals surface area (Å²) in [6, 6.07) is 15.2. The fourth-order valence-electron chi connectivity index (χ4n) is 2.48. The van der Waals surface area contributed by atoms with Crippen LogP contribution in [0.15, 0.2) is 48.7 Å². The number of aromatic nitrogens is 1. The molecule has 2 N–H and O–H groups in total. The molecule has 0 aliphatic carbocycles. The van der Waals surface area contributed by atoms with Gasteiger partial charge in [0.15, 0.2) is 0 Å². The highest BCUT2D eigenvalue weighted by Crippen LogP contribution is 2.23. The van der Waals surface area contributed by atoms with Crippen molar-refractivity contribution in [3.05, 3.63) is 59.8 Å². The standard InChI is InChI=1S/C18H25N3/c1-14(2)21(13-16-8-5-4-6-9-16)18-17(12-15(3)19)10-7-11-20-18/h4-11,14-15H,12-13,19H2,1-3H3. The van der Waals surface area contributed by atoms with Crippen LogP contribution in [0.2, 0.25) is 0 Å². The molecule has 0 fully saturated rings. The van der Waals surface area contributed by atoms with Crippen LogP contribution in [-0.2, 0) is 13.0 Å². The molecule has 1 unspecified atom stereocenters. The van der Waals surface area contributed by atoms with Crippen LogP contribution in [0.5, 0.6) is 0 Å². The molecule has 0 spiro atoms.